The van der Waals surface area contributed by atoms with Crippen molar-refractivity contribution >= 4 is 5.91 Å². The first-order valence-electron chi connectivity index (χ1n) is 7.55. The van der Waals surface area contributed by atoms with Gasteiger partial charge < -0.3 is 15.2 Å². The Morgan fingerprint density at radius 2 is 2.10 bits per heavy atom. The van der Waals surface area contributed by atoms with Gasteiger partial charge in [0.15, 0.2) is 0 Å². The minimum atomic E-state index is -0.555. The number of amides is 1. The monoisotopic (exact) mass is 292 g/mol. The molecule has 1 fully saturated rings. The van der Waals surface area contributed by atoms with Gasteiger partial charge in [0.1, 0.15) is 0 Å². The lowest BCUT2D eigenvalue weighted by Crippen LogP contribution is -2.44. The van der Waals surface area contributed by atoms with Crippen molar-refractivity contribution < 1.29 is 14.6 Å². The molecule has 1 aromatic rings. The molecule has 1 amide bonds. The van der Waals surface area contributed by atoms with Crippen LogP contribution in [-0.2, 0) is 11.2 Å². The van der Waals surface area contributed by atoms with Crippen LogP contribution in [0.4, 0.5) is 0 Å². The van der Waals surface area contributed by atoms with Gasteiger partial charge in [-0.25, -0.2) is 0 Å². The summed E-state index contributed by atoms with van der Waals surface area (Å²) >= 11 is 0. The van der Waals surface area contributed by atoms with E-state index in [-0.39, 0.29) is 12.5 Å². The van der Waals surface area contributed by atoms with Crippen molar-refractivity contribution in [1.29, 1.82) is 0 Å². The minimum Gasteiger partial charge on any atom is -0.390 e. The molecule has 116 valence electrons. The molecule has 0 aromatic heterocycles. The molecule has 0 saturated carbocycles. The van der Waals surface area contributed by atoms with Crippen molar-refractivity contribution in [2.75, 3.05) is 39.4 Å². The summed E-state index contributed by atoms with van der Waals surface area (Å²) in [6.45, 7) is 5.96. The molecule has 1 aliphatic heterocycles. The summed E-state index contributed by atoms with van der Waals surface area (Å²) in [4.78, 5) is 14.3. The highest BCUT2D eigenvalue weighted by molar-refractivity contribution is 5.95. The molecule has 1 aromatic carbocycles. The van der Waals surface area contributed by atoms with Crippen LogP contribution in [0.15, 0.2) is 24.3 Å². The Bertz CT molecular complexity index is 459. The van der Waals surface area contributed by atoms with Crippen LogP contribution in [0, 0.1) is 0 Å². The van der Waals surface area contributed by atoms with E-state index in [1.54, 1.807) is 0 Å². The van der Waals surface area contributed by atoms with E-state index in [0.717, 1.165) is 25.1 Å². The lowest BCUT2D eigenvalue weighted by atomic mass is 10.0. The second-order valence-electron chi connectivity index (χ2n) is 5.29. The Labute approximate surface area is 125 Å². The Hall–Kier alpha value is -1.43. The highest BCUT2D eigenvalue weighted by Crippen LogP contribution is 2.09. The zero-order chi connectivity index (χ0) is 15.1. The van der Waals surface area contributed by atoms with E-state index in [4.69, 9.17) is 4.74 Å². The van der Waals surface area contributed by atoms with Gasteiger partial charge in [0.2, 0.25) is 0 Å². The second kappa shape index (κ2) is 8.12. The quantitative estimate of drug-likeness (QED) is 0.809. The van der Waals surface area contributed by atoms with Crippen molar-refractivity contribution in [2.24, 2.45) is 0 Å². The summed E-state index contributed by atoms with van der Waals surface area (Å²) in [5, 5.41) is 12.8. The summed E-state index contributed by atoms with van der Waals surface area (Å²) < 4.78 is 5.27. The Morgan fingerprint density at radius 3 is 2.81 bits per heavy atom. The van der Waals surface area contributed by atoms with Crippen molar-refractivity contribution in [3.63, 3.8) is 0 Å². The number of rotatable bonds is 6. The van der Waals surface area contributed by atoms with E-state index < -0.39 is 6.10 Å². The number of aliphatic hydroxyl groups excluding tert-OH is 1. The Balaban J connectivity index is 1.80. The molecular formula is C16H24N2O3. The summed E-state index contributed by atoms with van der Waals surface area (Å²) in [5.41, 5.74) is 1.72. The van der Waals surface area contributed by atoms with E-state index in [0.29, 0.717) is 25.3 Å². The van der Waals surface area contributed by atoms with E-state index in [1.165, 1.54) is 0 Å². The Kier molecular flexibility index (Phi) is 6.17. The zero-order valence-corrected chi connectivity index (χ0v) is 12.5. The standard InChI is InChI=1S/C16H24N2O3/c1-2-13-5-3-4-6-15(13)16(20)17-11-14(19)12-18-7-9-21-10-8-18/h3-6,14,19H,2,7-12H2,1H3,(H,17,20)/t14-/m0/s1. The molecule has 2 N–H and O–H groups in total. The van der Waals surface area contributed by atoms with Crippen LogP contribution >= 0.6 is 0 Å². The molecule has 5 nitrogen and oxygen atoms in total. The predicted octanol–water partition coefficient (Wildman–Crippen LogP) is 0.672. The normalized spacial score (nSPS) is 17.4. The number of ether oxygens (including phenoxy) is 1. The van der Waals surface area contributed by atoms with Crippen molar-refractivity contribution in [3.8, 4) is 0 Å². The van der Waals surface area contributed by atoms with Gasteiger partial charge in [-0.15, -0.1) is 0 Å². The van der Waals surface area contributed by atoms with Crippen LogP contribution in [0.3, 0.4) is 0 Å². The van der Waals surface area contributed by atoms with Gasteiger partial charge in [0.25, 0.3) is 5.91 Å². The van der Waals surface area contributed by atoms with Gasteiger partial charge in [-0.05, 0) is 18.1 Å². The number of β-amino-alcohol motifs (C(OH)–C–C–N with tert-alkyl or cyclic N) is 1. The van der Waals surface area contributed by atoms with Crippen LogP contribution in [0.1, 0.15) is 22.8 Å². The first-order chi connectivity index (χ1) is 10.2. The van der Waals surface area contributed by atoms with E-state index in [9.17, 15) is 9.90 Å². The smallest absolute Gasteiger partial charge is 0.251 e. The number of aryl methyl sites for hydroxylation is 1. The van der Waals surface area contributed by atoms with Gasteiger partial charge in [-0.3, -0.25) is 9.69 Å². The molecule has 1 aliphatic rings. The molecule has 1 saturated heterocycles. The molecule has 2 rings (SSSR count). The summed E-state index contributed by atoms with van der Waals surface area (Å²) in [5.74, 6) is -0.117. The maximum Gasteiger partial charge on any atom is 0.251 e. The largest absolute Gasteiger partial charge is 0.390 e. The SMILES string of the molecule is CCc1ccccc1C(=O)NC[C@H](O)CN1CCOCC1. The fourth-order valence-electron chi connectivity index (χ4n) is 2.50. The average molecular weight is 292 g/mol. The van der Waals surface area contributed by atoms with Gasteiger partial charge >= 0.3 is 0 Å². The lowest BCUT2D eigenvalue weighted by Gasteiger charge is -2.28. The van der Waals surface area contributed by atoms with E-state index in [1.807, 2.05) is 31.2 Å². The van der Waals surface area contributed by atoms with E-state index in [2.05, 4.69) is 10.2 Å². The second-order valence-corrected chi connectivity index (χ2v) is 5.29. The molecule has 5 heteroatoms. The fraction of sp³-hybridized carbons (Fsp3) is 0.562. The Morgan fingerprint density at radius 1 is 1.38 bits per heavy atom. The minimum absolute atomic E-state index is 0.117. The van der Waals surface area contributed by atoms with Crippen molar-refractivity contribution in [3.05, 3.63) is 35.4 Å². The van der Waals surface area contributed by atoms with Crippen molar-refractivity contribution in [2.45, 2.75) is 19.4 Å². The zero-order valence-electron chi connectivity index (χ0n) is 12.5. The topological polar surface area (TPSA) is 61.8 Å². The van der Waals surface area contributed by atoms with E-state index >= 15 is 0 Å². The number of nitrogens with one attached hydrogen (secondary N) is 1. The third-order valence-corrected chi connectivity index (χ3v) is 3.71. The lowest BCUT2D eigenvalue weighted by molar-refractivity contribution is 0.0149. The van der Waals surface area contributed by atoms with Crippen LogP contribution in [-0.4, -0.2) is 61.4 Å². The predicted molar refractivity (Wildman–Crippen MR) is 81.4 cm³/mol. The molecule has 0 radical (unpaired) electrons. The number of aliphatic hydroxyl groups is 1. The molecule has 1 atom stereocenters. The number of nitrogens with zero attached hydrogens (tertiary/aromatic N) is 1. The summed E-state index contributed by atoms with van der Waals surface area (Å²) in [6.07, 6.45) is 0.265. The van der Waals surface area contributed by atoms with Crippen molar-refractivity contribution in [1.82, 2.24) is 10.2 Å². The van der Waals surface area contributed by atoms with Gasteiger partial charge in [0, 0.05) is 31.7 Å². The average Bonchev–Trinajstić information content (AvgIpc) is 2.53. The van der Waals surface area contributed by atoms with Crippen LogP contribution in [0.2, 0.25) is 0 Å². The maximum atomic E-state index is 12.2. The summed E-state index contributed by atoms with van der Waals surface area (Å²) in [7, 11) is 0. The first kappa shape index (κ1) is 15.9. The molecule has 0 bridgehead atoms. The van der Waals surface area contributed by atoms with Crippen LogP contribution in [0.5, 0.6) is 0 Å². The summed E-state index contributed by atoms with van der Waals surface area (Å²) in [6, 6.07) is 7.57. The molecular weight excluding hydrogens is 268 g/mol. The third-order valence-electron chi connectivity index (χ3n) is 3.71. The number of morpholine rings is 1. The number of hydrogen-bond acceptors (Lipinski definition) is 4. The number of hydrogen-bond donors (Lipinski definition) is 2. The van der Waals surface area contributed by atoms with Crippen LogP contribution in [0.25, 0.3) is 0 Å². The molecule has 0 unspecified atom stereocenters. The molecule has 0 spiro atoms. The number of carbonyl (C=O) groups is 1. The molecule has 1 heterocycles. The number of carbonyl (C=O) groups excluding carboxylic acids is 1. The first-order valence-corrected chi connectivity index (χ1v) is 7.55. The highest BCUT2D eigenvalue weighted by atomic mass is 16.5. The third kappa shape index (κ3) is 4.81. The van der Waals surface area contributed by atoms with Gasteiger partial charge in [0.05, 0.1) is 19.3 Å². The maximum absolute atomic E-state index is 12.2. The fourth-order valence-corrected chi connectivity index (χ4v) is 2.50. The highest BCUT2D eigenvalue weighted by Gasteiger charge is 2.16. The number of benzene rings is 1. The van der Waals surface area contributed by atoms with Crippen LogP contribution < -0.4 is 5.32 Å². The van der Waals surface area contributed by atoms with Gasteiger partial charge in [-0.1, -0.05) is 25.1 Å². The molecule has 21 heavy (non-hydrogen) atoms. The molecule has 0 aliphatic carbocycles. The van der Waals surface area contributed by atoms with Gasteiger partial charge in [-0.2, -0.15) is 0 Å².